The van der Waals surface area contributed by atoms with Gasteiger partial charge in [-0.15, -0.1) is 0 Å². The average Bonchev–Trinajstić information content (AvgIpc) is 2.64. The van der Waals surface area contributed by atoms with Crippen molar-refractivity contribution in [1.29, 1.82) is 0 Å². The first-order valence-corrected chi connectivity index (χ1v) is 4.96. The minimum Gasteiger partial charge on any atom is -0.454 e. The molecule has 1 aromatic carbocycles. The molecule has 0 radical (unpaired) electrons. The lowest BCUT2D eigenvalue weighted by Crippen LogP contribution is -2.09. The van der Waals surface area contributed by atoms with Crippen LogP contribution in [-0.2, 0) is 0 Å². The van der Waals surface area contributed by atoms with Crippen molar-refractivity contribution in [1.82, 2.24) is 0 Å². The van der Waals surface area contributed by atoms with Gasteiger partial charge in [0, 0.05) is 6.04 Å². The molecule has 3 heteroatoms. The van der Waals surface area contributed by atoms with Crippen LogP contribution in [-0.4, -0.2) is 6.79 Å². The molecule has 0 aromatic heterocycles. The maximum Gasteiger partial charge on any atom is 0.231 e. The molecular formula is C11H15NO2. The summed E-state index contributed by atoms with van der Waals surface area (Å²) in [4.78, 5) is 0. The molecule has 76 valence electrons. The first kappa shape index (κ1) is 9.34. The van der Waals surface area contributed by atoms with Crippen LogP contribution in [0.15, 0.2) is 18.2 Å². The minimum absolute atomic E-state index is 0.106. The predicted octanol–water partition coefficient (Wildman–Crippen LogP) is 2.22. The second kappa shape index (κ2) is 3.88. The molecule has 0 amide bonds. The monoisotopic (exact) mass is 193 g/mol. The summed E-state index contributed by atoms with van der Waals surface area (Å²) in [6.45, 7) is 2.45. The molecule has 2 rings (SSSR count). The summed E-state index contributed by atoms with van der Waals surface area (Å²) in [7, 11) is 0. The van der Waals surface area contributed by atoms with E-state index in [0.29, 0.717) is 6.79 Å². The molecular weight excluding hydrogens is 178 g/mol. The molecule has 1 aliphatic heterocycles. The number of benzene rings is 1. The van der Waals surface area contributed by atoms with E-state index in [1.165, 1.54) is 0 Å². The number of hydrogen-bond donors (Lipinski definition) is 1. The van der Waals surface area contributed by atoms with E-state index >= 15 is 0 Å². The Hall–Kier alpha value is -1.22. The van der Waals surface area contributed by atoms with Crippen LogP contribution in [0.1, 0.15) is 31.4 Å². The third-order valence-corrected chi connectivity index (χ3v) is 2.42. The van der Waals surface area contributed by atoms with Crippen molar-refractivity contribution in [2.24, 2.45) is 5.73 Å². The van der Waals surface area contributed by atoms with Crippen LogP contribution in [0.2, 0.25) is 0 Å². The topological polar surface area (TPSA) is 44.5 Å². The number of ether oxygens (including phenoxy) is 2. The molecule has 0 unspecified atom stereocenters. The molecule has 0 saturated heterocycles. The Bertz CT molecular complexity index is 325. The van der Waals surface area contributed by atoms with Gasteiger partial charge in [0.2, 0.25) is 6.79 Å². The summed E-state index contributed by atoms with van der Waals surface area (Å²) in [6, 6.07) is 6.01. The van der Waals surface area contributed by atoms with Gasteiger partial charge in [-0.25, -0.2) is 0 Å². The summed E-state index contributed by atoms with van der Waals surface area (Å²) >= 11 is 0. The Kier molecular flexibility index (Phi) is 2.59. The molecule has 0 fully saturated rings. The number of rotatable bonds is 3. The van der Waals surface area contributed by atoms with Crippen molar-refractivity contribution in [3.63, 3.8) is 0 Å². The Labute approximate surface area is 83.8 Å². The fourth-order valence-electron chi connectivity index (χ4n) is 1.62. The van der Waals surface area contributed by atoms with Crippen LogP contribution in [0.25, 0.3) is 0 Å². The van der Waals surface area contributed by atoms with Crippen molar-refractivity contribution in [3.8, 4) is 11.5 Å². The lowest BCUT2D eigenvalue weighted by atomic mass is 10.0. The summed E-state index contributed by atoms with van der Waals surface area (Å²) in [5.74, 6) is 1.63. The predicted molar refractivity (Wildman–Crippen MR) is 54.4 cm³/mol. The number of nitrogens with two attached hydrogens (primary N) is 1. The van der Waals surface area contributed by atoms with Crippen molar-refractivity contribution in [3.05, 3.63) is 23.8 Å². The van der Waals surface area contributed by atoms with E-state index in [2.05, 4.69) is 6.92 Å². The fourth-order valence-corrected chi connectivity index (χ4v) is 1.62. The summed E-state index contributed by atoms with van der Waals surface area (Å²) in [5.41, 5.74) is 7.12. The van der Waals surface area contributed by atoms with Crippen molar-refractivity contribution in [2.75, 3.05) is 6.79 Å². The molecule has 1 heterocycles. The quantitative estimate of drug-likeness (QED) is 0.800. The van der Waals surface area contributed by atoms with Crippen LogP contribution < -0.4 is 15.2 Å². The van der Waals surface area contributed by atoms with Gasteiger partial charge in [0.25, 0.3) is 0 Å². The van der Waals surface area contributed by atoms with E-state index in [1.807, 2.05) is 18.2 Å². The molecule has 0 bridgehead atoms. The zero-order valence-corrected chi connectivity index (χ0v) is 8.32. The second-order valence-corrected chi connectivity index (χ2v) is 3.51. The molecule has 0 saturated carbocycles. The maximum absolute atomic E-state index is 6.00. The van der Waals surface area contributed by atoms with Crippen LogP contribution in [0, 0.1) is 0 Å². The second-order valence-electron chi connectivity index (χ2n) is 3.51. The average molecular weight is 193 g/mol. The first-order valence-electron chi connectivity index (χ1n) is 4.96. The highest BCUT2D eigenvalue weighted by molar-refractivity contribution is 5.45. The van der Waals surface area contributed by atoms with Crippen LogP contribution in [0.4, 0.5) is 0 Å². The van der Waals surface area contributed by atoms with E-state index in [-0.39, 0.29) is 6.04 Å². The van der Waals surface area contributed by atoms with Gasteiger partial charge >= 0.3 is 0 Å². The zero-order chi connectivity index (χ0) is 9.97. The smallest absolute Gasteiger partial charge is 0.231 e. The summed E-state index contributed by atoms with van der Waals surface area (Å²) in [5, 5.41) is 0. The summed E-state index contributed by atoms with van der Waals surface area (Å²) < 4.78 is 10.5. The van der Waals surface area contributed by atoms with Crippen LogP contribution in [0.5, 0.6) is 11.5 Å². The SMILES string of the molecule is CCC[C@@H](N)c1ccc2c(c1)OCO2. The molecule has 14 heavy (non-hydrogen) atoms. The normalized spacial score (nSPS) is 15.6. The lowest BCUT2D eigenvalue weighted by Gasteiger charge is -2.10. The number of hydrogen-bond acceptors (Lipinski definition) is 3. The highest BCUT2D eigenvalue weighted by atomic mass is 16.7. The molecule has 1 aliphatic rings. The molecule has 2 N–H and O–H groups in total. The molecule has 0 aliphatic carbocycles. The van der Waals surface area contributed by atoms with Gasteiger partial charge in [0.15, 0.2) is 11.5 Å². The van der Waals surface area contributed by atoms with Crippen molar-refractivity contribution < 1.29 is 9.47 Å². The lowest BCUT2D eigenvalue weighted by molar-refractivity contribution is 0.174. The van der Waals surface area contributed by atoms with Crippen molar-refractivity contribution in [2.45, 2.75) is 25.8 Å². The van der Waals surface area contributed by atoms with Crippen LogP contribution in [0.3, 0.4) is 0 Å². The van der Waals surface area contributed by atoms with Gasteiger partial charge < -0.3 is 15.2 Å². The van der Waals surface area contributed by atoms with Gasteiger partial charge in [-0.2, -0.15) is 0 Å². The maximum atomic E-state index is 6.00. The Morgan fingerprint density at radius 3 is 2.93 bits per heavy atom. The van der Waals surface area contributed by atoms with E-state index in [1.54, 1.807) is 0 Å². The third kappa shape index (κ3) is 1.68. The van der Waals surface area contributed by atoms with E-state index in [4.69, 9.17) is 15.2 Å². The highest BCUT2D eigenvalue weighted by Crippen LogP contribution is 2.34. The standard InChI is InChI=1S/C11H15NO2/c1-2-3-9(12)8-4-5-10-11(6-8)14-7-13-10/h4-6,9H,2-3,7,12H2,1H3/t9-/m1/s1. The highest BCUT2D eigenvalue weighted by Gasteiger charge is 2.15. The third-order valence-electron chi connectivity index (χ3n) is 2.42. The number of fused-ring (bicyclic) bond motifs is 1. The van der Waals surface area contributed by atoms with Crippen LogP contribution >= 0.6 is 0 Å². The van der Waals surface area contributed by atoms with Gasteiger partial charge in [0.1, 0.15) is 0 Å². The van der Waals surface area contributed by atoms with E-state index in [0.717, 1.165) is 29.9 Å². The summed E-state index contributed by atoms with van der Waals surface area (Å²) in [6.07, 6.45) is 2.09. The van der Waals surface area contributed by atoms with E-state index in [9.17, 15) is 0 Å². The molecule has 1 aromatic rings. The van der Waals surface area contributed by atoms with Gasteiger partial charge in [-0.1, -0.05) is 19.4 Å². The van der Waals surface area contributed by atoms with Crippen molar-refractivity contribution >= 4 is 0 Å². The van der Waals surface area contributed by atoms with Gasteiger partial charge in [-0.05, 0) is 24.1 Å². The Morgan fingerprint density at radius 2 is 2.14 bits per heavy atom. The zero-order valence-electron chi connectivity index (χ0n) is 8.32. The molecule has 3 nitrogen and oxygen atoms in total. The van der Waals surface area contributed by atoms with Gasteiger partial charge in [-0.3, -0.25) is 0 Å². The Morgan fingerprint density at radius 1 is 1.36 bits per heavy atom. The minimum atomic E-state index is 0.106. The first-order chi connectivity index (χ1) is 6.81. The molecule has 0 spiro atoms. The van der Waals surface area contributed by atoms with Gasteiger partial charge in [0.05, 0.1) is 0 Å². The largest absolute Gasteiger partial charge is 0.454 e. The Balaban J connectivity index is 2.19. The molecule has 1 atom stereocenters. The fraction of sp³-hybridized carbons (Fsp3) is 0.455. The van der Waals surface area contributed by atoms with E-state index < -0.39 is 0 Å².